The molecule has 0 aliphatic carbocycles. The summed E-state index contributed by atoms with van der Waals surface area (Å²) in [6.45, 7) is 5.09. The Hall–Kier alpha value is -0.730. The van der Waals surface area contributed by atoms with E-state index in [0.29, 0.717) is 5.02 Å². The van der Waals surface area contributed by atoms with E-state index in [1.165, 1.54) is 24.9 Å². The third-order valence-electron chi connectivity index (χ3n) is 3.27. The van der Waals surface area contributed by atoms with Crippen molar-refractivity contribution >= 4 is 11.6 Å². The average molecular weight is 254 g/mol. The van der Waals surface area contributed by atoms with Crippen LogP contribution in [0.15, 0.2) is 18.2 Å². The van der Waals surface area contributed by atoms with Crippen molar-refractivity contribution in [3.8, 4) is 5.75 Å². The van der Waals surface area contributed by atoms with Crippen LogP contribution in [0.4, 0.5) is 0 Å². The Morgan fingerprint density at radius 3 is 3.06 bits per heavy atom. The molecule has 1 saturated heterocycles. The number of nitrogens with one attached hydrogen (secondary N) is 1. The van der Waals surface area contributed by atoms with Crippen LogP contribution in [0, 0.1) is 12.8 Å². The molecule has 0 aromatic heterocycles. The van der Waals surface area contributed by atoms with E-state index < -0.39 is 0 Å². The van der Waals surface area contributed by atoms with Crippen molar-refractivity contribution in [3.63, 3.8) is 0 Å². The van der Waals surface area contributed by atoms with Crippen LogP contribution in [0.2, 0.25) is 5.02 Å². The minimum absolute atomic E-state index is 0.715. The second kappa shape index (κ2) is 6.27. The van der Waals surface area contributed by atoms with Crippen molar-refractivity contribution in [3.05, 3.63) is 28.8 Å². The Morgan fingerprint density at radius 1 is 1.47 bits per heavy atom. The lowest BCUT2D eigenvalue weighted by atomic mass is 9.97. The summed E-state index contributed by atoms with van der Waals surface area (Å²) in [5, 5.41) is 4.14. The predicted octanol–water partition coefficient (Wildman–Crippen LogP) is 3.42. The van der Waals surface area contributed by atoms with E-state index in [4.69, 9.17) is 16.3 Å². The van der Waals surface area contributed by atoms with Gasteiger partial charge in [0.05, 0.1) is 11.6 Å². The first-order valence-electron chi connectivity index (χ1n) is 6.35. The molecule has 0 bridgehead atoms. The standard InChI is InChI=1S/C14H20ClNO/c1-11-4-5-14(13(15)9-11)17-8-6-12-3-2-7-16-10-12/h4-5,9,12,16H,2-3,6-8,10H2,1H3/t12-/m0/s1. The quantitative estimate of drug-likeness (QED) is 0.888. The summed E-state index contributed by atoms with van der Waals surface area (Å²) in [5.74, 6) is 1.56. The lowest BCUT2D eigenvalue weighted by molar-refractivity contribution is 0.254. The molecule has 1 heterocycles. The van der Waals surface area contributed by atoms with E-state index in [1.807, 2.05) is 25.1 Å². The number of rotatable bonds is 4. The summed E-state index contributed by atoms with van der Waals surface area (Å²) in [5.41, 5.74) is 1.17. The lowest BCUT2D eigenvalue weighted by Gasteiger charge is -2.22. The number of aryl methyl sites for hydroxylation is 1. The van der Waals surface area contributed by atoms with Crippen molar-refractivity contribution in [1.29, 1.82) is 0 Å². The molecule has 2 rings (SSSR count). The number of piperidine rings is 1. The molecule has 0 spiro atoms. The fourth-order valence-electron chi connectivity index (χ4n) is 2.23. The summed E-state index contributed by atoms with van der Waals surface area (Å²) >= 11 is 6.11. The van der Waals surface area contributed by atoms with Crippen LogP contribution in [-0.4, -0.2) is 19.7 Å². The first kappa shape index (κ1) is 12.7. The molecule has 0 unspecified atom stereocenters. The molecule has 0 saturated carbocycles. The molecule has 1 fully saturated rings. The van der Waals surface area contributed by atoms with E-state index >= 15 is 0 Å². The van der Waals surface area contributed by atoms with E-state index in [2.05, 4.69) is 5.32 Å². The average Bonchev–Trinajstić information content (AvgIpc) is 2.33. The summed E-state index contributed by atoms with van der Waals surface area (Å²) in [7, 11) is 0. The van der Waals surface area contributed by atoms with Gasteiger partial charge in [-0.05, 0) is 62.9 Å². The summed E-state index contributed by atoms with van der Waals surface area (Å²) < 4.78 is 5.73. The van der Waals surface area contributed by atoms with Gasteiger partial charge in [0, 0.05) is 0 Å². The van der Waals surface area contributed by atoms with E-state index in [0.717, 1.165) is 31.2 Å². The van der Waals surface area contributed by atoms with Crippen LogP contribution in [0.5, 0.6) is 5.75 Å². The Kier molecular flexibility index (Phi) is 4.69. The van der Waals surface area contributed by atoms with Crippen molar-refractivity contribution in [2.45, 2.75) is 26.2 Å². The number of hydrogen-bond acceptors (Lipinski definition) is 2. The Morgan fingerprint density at radius 2 is 2.35 bits per heavy atom. The zero-order chi connectivity index (χ0) is 12.1. The summed E-state index contributed by atoms with van der Waals surface area (Å²) in [6.07, 6.45) is 3.71. The Labute approximate surface area is 108 Å². The maximum absolute atomic E-state index is 6.11. The zero-order valence-electron chi connectivity index (χ0n) is 10.3. The summed E-state index contributed by atoms with van der Waals surface area (Å²) in [4.78, 5) is 0. The second-order valence-electron chi connectivity index (χ2n) is 4.78. The normalized spacial score (nSPS) is 20.2. The van der Waals surface area contributed by atoms with Crippen LogP contribution >= 0.6 is 11.6 Å². The Bertz CT molecular complexity index is 361. The highest BCUT2D eigenvalue weighted by molar-refractivity contribution is 6.32. The topological polar surface area (TPSA) is 21.3 Å². The van der Waals surface area contributed by atoms with E-state index in [-0.39, 0.29) is 0 Å². The number of ether oxygens (including phenoxy) is 1. The minimum atomic E-state index is 0.715. The van der Waals surface area contributed by atoms with Crippen molar-refractivity contribution in [1.82, 2.24) is 5.32 Å². The van der Waals surface area contributed by atoms with Gasteiger partial charge in [0.25, 0.3) is 0 Å². The van der Waals surface area contributed by atoms with Gasteiger partial charge in [-0.25, -0.2) is 0 Å². The van der Waals surface area contributed by atoms with Gasteiger partial charge in [0.15, 0.2) is 0 Å². The molecule has 1 aromatic carbocycles. The maximum atomic E-state index is 6.11. The maximum Gasteiger partial charge on any atom is 0.137 e. The van der Waals surface area contributed by atoms with Gasteiger partial charge in [0.2, 0.25) is 0 Å². The molecule has 94 valence electrons. The Balaban J connectivity index is 1.77. The van der Waals surface area contributed by atoms with Crippen LogP contribution in [0.25, 0.3) is 0 Å². The molecule has 1 N–H and O–H groups in total. The van der Waals surface area contributed by atoms with Gasteiger partial charge in [-0.15, -0.1) is 0 Å². The van der Waals surface area contributed by atoms with Gasteiger partial charge >= 0.3 is 0 Å². The van der Waals surface area contributed by atoms with Gasteiger partial charge in [0.1, 0.15) is 5.75 Å². The largest absolute Gasteiger partial charge is 0.492 e. The first-order valence-corrected chi connectivity index (χ1v) is 6.73. The van der Waals surface area contributed by atoms with E-state index in [1.54, 1.807) is 0 Å². The molecule has 1 aliphatic heterocycles. The molecule has 1 atom stereocenters. The number of benzene rings is 1. The smallest absolute Gasteiger partial charge is 0.137 e. The van der Waals surface area contributed by atoms with Crippen molar-refractivity contribution < 1.29 is 4.74 Å². The third kappa shape index (κ3) is 3.90. The monoisotopic (exact) mass is 253 g/mol. The molecular formula is C14H20ClNO. The first-order chi connectivity index (χ1) is 8.25. The minimum Gasteiger partial charge on any atom is -0.492 e. The molecule has 0 amide bonds. The number of halogens is 1. The van der Waals surface area contributed by atoms with Gasteiger partial charge in [-0.2, -0.15) is 0 Å². The molecular weight excluding hydrogens is 234 g/mol. The SMILES string of the molecule is Cc1ccc(OCC[C@@H]2CCCNC2)c(Cl)c1. The van der Waals surface area contributed by atoms with Crippen LogP contribution in [0.3, 0.4) is 0 Å². The molecule has 17 heavy (non-hydrogen) atoms. The molecule has 2 nitrogen and oxygen atoms in total. The lowest BCUT2D eigenvalue weighted by Crippen LogP contribution is -2.30. The van der Waals surface area contributed by atoms with Crippen LogP contribution < -0.4 is 10.1 Å². The third-order valence-corrected chi connectivity index (χ3v) is 3.57. The van der Waals surface area contributed by atoms with Crippen LogP contribution in [-0.2, 0) is 0 Å². The van der Waals surface area contributed by atoms with Gasteiger partial charge < -0.3 is 10.1 Å². The fourth-order valence-corrected chi connectivity index (χ4v) is 2.52. The highest BCUT2D eigenvalue weighted by Gasteiger charge is 2.12. The highest BCUT2D eigenvalue weighted by atomic mass is 35.5. The van der Waals surface area contributed by atoms with Crippen molar-refractivity contribution in [2.24, 2.45) is 5.92 Å². The molecule has 3 heteroatoms. The van der Waals surface area contributed by atoms with Gasteiger partial charge in [-0.3, -0.25) is 0 Å². The summed E-state index contributed by atoms with van der Waals surface area (Å²) in [6, 6.07) is 5.93. The highest BCUT2D eigenvalue weighted by Crippen LogP contribution is 2.25. The zero-order valence-corrected chi connectivity index (χ0v) is 11.1. The second-order valence-corrected chi connectivity index (χ2v) is 5.19. The molecule has 0 radical (unpaired) electrons. The van der Waals surface area contributed by atoms with Gasteiger partial charge in [-0.1, -0.05) is 17.7 Å². The van der Waals surface area contributed by atoms with E-state index in [9.17, 15) is 0 Å². The van der Waals surface area contributed by atoms with Crippen molar-refractivity contribution in [2.75, 3.05) is 19.7 Å². The molecule has 1 aliphatic rings. The predicted molar refractivity (Wildman–Crippen MR) is 71.9 cm³/mol. The number of hydrogen-bond donors (Lipinski definition) is 1. The van der Waals surface area contributed by atoms with Crippen LogP contribution in [0.1, 0.15) is 24.8 Å². The fraction of sp³-hybridized carbons (Fsp3) is 0.571. The molecule has 1 aromatic rings.